The van der Waals surface area contributed by atoms with E-state index in [4.69, 9.17) is 16.6 Å². The van der Waals surface area contributed by atoms with E-state index in [1.807, 2.05) is 6.92 Å². The number of imidazole rings is 1. The molecule has 3 rings (SSSR count). The van der Waals surface area contributed by atoms with Crippen LogP contribution >= 0.6 is 27.5 Å². The second kappa shape index (κ2) is 5.47. The van der Waals surface area contributed by atoms with Crippen LogP contribution < -0.4 is 0 Å². The van der Waals surface area contributed by atoms with Gasteiger partial charge >= 0.3 is 0 Å². The summed E-state index contributed by atoms with van der Waals surface area (Å²) in [6, 6.07) is 12.6. The molecule has 0 fully saturated rings. The standard InChI is InChI=1S/C17H16BrClN2/c1-10-4-7-16-15(8-10)20-17(12(3)19)21(16)13-6-5-11(2)14(18)9-13/h4-9,12H,1-3H3. The predicted molar refractivity (Wildman–Crippen MR) is 92.5 cm³/mol. The SMILES string of the molecule is Cc1ccc2c(c1)nc(C(C)Cl)n2-c1ccc(C)c(Br)c1. The molecule has 21 heavy (non-hydrogen) atoms. The average molecular weight is 364 g/mol. The molecule has 0 radical (unpaired) electrons. The minimum absolute atomic E-state index is 0.155. The van der Waals surface area contributed by atoms with Gasteiger partial charge in [-0.15, -0.1) is 11.6 Å². The van der Waals surface area contributed by atoms with Crippen molar-refractivity contribution < 1.29 is 0 Å². The van der Waals surface area contributed by atoms with E-state index in [0.717, 1.165) is 27.0 Å². The van der Waals surface area contributed by atoms with Crippen molar-refractivity contribution in [1.82, 2.24) is 9.55 Å². The number of aromatic nitrogens is 2. The zero-order chi connectivity index (χ0) is 15.1. The number of hydrogen-bond acceptors (Lipinski definition) is 1. The Labute approximate surface area is 137 Å². The minimum Gasteiger partial charge on any atom is -0.295 e. The molecule has 108 valence electrons. The summed E-state index contributed by atoms with van der Waals surface area (Å²) in [4.78, 5) is 4.72. The zero-order valence-electron chi connectivity index (χ0n) is 12.2. The maximum absolute atomic E-state index is 6.35. The van der Waals surface area contributed by atoms with E-state index in [1.165, 1.54) is 11.1 Å². The molecule has 0 aliphatic rings. The molecule has 0 amide bonds. The van der Waals surface area contributed by atoms with Crippen molar-refractivity contribution in [2.75, 3.05) is 0 Å². The van der Waals surface area contributed by atoms with Crippen LogP contribution in [0.2, 0.25) is 0 Å². The lowest BCUT2D eigenvalue weighted by molar-refractivity contribution is 0.882. The molecule has 0 aliphatic heterocycles. The Balaban J connectivity index is 2.33. The summed E-state index contributed by atoms with van der Waals surface area (Å²) in [7, 11) is 0. The van der Waals surface area contributed by atoms with Crippen LogP contribution in [0, 0.1) is 13.8 Å². The van der Waals surface area contributed by atoms with Crippen molar-refractivity contribution in [2.45, 2.75) is 26.1 Å². The van der Waals surface area contributed by atoms with Gasteiger partial charge in [0.2, 0.25) is 0 Å². The molecule has 0 aliphatic carbocycles. The van der Waals surface area contributed by atoms with Crippen LogP contribution in [0.1, 0.15) is 29.3 Å². The molecule has 2 nitrogen and oxygen atoms in total. The summed E-state index contributed by atoms with van der Waals surface area (Å²) < 4.78 is 3.22. The highest BCUT2D eigenvalue weighted by Gasteiger charge is 2.16. The lowest BCUT2D eigenvalue weighted by Gasteiger charge is -2.12. The predicted octanol–water partition coefficient (Wildman–Crippen LogP) is 5.70. The van der Waals surface area contributed by atoms with Crippen LogP contribution in [0.15, 0.2) is 40.9 Å². The van der Waals surface area contributed by atoms with Crippen LogP contribution in [-0.4, -0.2) is 9.55 Å². The molecular formula is C17H16BrClN2. The number of nitrogens with zero attached hydrogens (tertiary/aromatic N) is 2. The summed E-state index contributed by atoms with van der Waals surface area (Å²) in [5, 5.41) is -0.155. The molecule has 0 bridgehead atoms. The van der Waals surface area contributed by atoms with Crippen LogP contribution in [0.5, 0.6) is 0 Å². The van der Waals surface area contributed by atoms with Gasteiger partial charge in [-0.2, -0.15) is 0 Å². The molecule has 4 heteroatoms. The Morgan fingerprint density at radius 1 is 1.14 bits per heavy atom. The molecule has 0 N–H and O–H groups in total. The normalized spacial score (nSPS) is 12.8. The fourth-order valence-electron chi connectivity index (χ4n) is 2.47. The fourth-order valence-corrected chi connectivity index (χ4v) is 2.98. The van der Waals surface area contributed by atoms with Crippen LogP contribution in [0.4, 0.5) is 0 Å². The van der Waals surface area contributed by atoms with Crippen molar-refractivity contribution >= 4 is 38.6 Å². The third-order valence-electron chi connectivity index (χ3n) is 3.61. The Kier molecular flexibility index (Phi) is 3.80. The first-order chi connectivity index (χ1) is 9.97. The highest BCUT2D eigenvalue weighted by Crippen LogP contribution is 2.30. The molecular weight excluding hydrogens is 348 g/mol. The second-order valence-corrected chi connectivity index (χ2v) is 6.86. The third-order valence-corrected chi connectivity index (χ3v) is 4.65. The number of hydrogen-bond donors (Lipinski definition) is 0. The number of rotatable bonds is 2. The smallest absolute Gasteiger partial charge is 0.132 e. The number of aryl methyl sites for hydroxylation is 2. The number of fused-ring (bicyclic) bond motifs is 1. The Hall–Kier alpha value is -1.32. The summed E-state index contributed by atoms with van der Waals surface area (Å²) >= 11 is 9.95. The van der Waals surface area contributed by atoms with Crippen molar-refractivity contribution in [2.24, 2.45) is 0 Å². The summed E-state index contributed by atoms with van der Waals surface area (Å²) in [6.07, 6.45) is 0. The summed E-state index contributed by atoms with van der Waals surface area (Å²) in [5.41, 5.74) is 5.54. The lowest BCUT2D eigenvalue weighted by atomic mass is 10.2. The van der Waals surface area contributed by atoms with Gasteiger partial charge in [-0.3, -0.25) is 4.57 Å². The number of benzene rings is 2. The maximum Gasteiger partial charge on any atom is 0.132 e. The quantitative estimate of drug-likeness (QED) is 0.534. The van der Waals surface area contributed by atoms with Gasteiger partial charge in [-0.25, -0.2) is 4.98 Å². The van der Waals surface area contributed by atoms with Gasteiger partial charge in [0, 0.05) is 10.2 Å². The average Bonchev–Trinajstić information content (AvgIpc) is 2.80. The van der Waals surface area contributed by atoms with Gasteiger partial charge in [0.1, 0.15) is 5.82 Å². The van der Waals surface area contributed by atoms with E-state index in [0.29, 0.717) is 0 Å². The van der Waals surface area contributed by atoms with Gasteiger partial charge in [0.05, 0.1) is 16.4 Å². The third kappa shape index (κ3) is 2.60. The largest absolute Gasteiger partial charge is 0.295 e. The number of halogens is 2. The Morgan fingerprint density at radius 2 is 1.90 bits per heavy atom. The first kappa shape index (κ1) is 14.6. The van der Waals surface area contributed by atoms with Crippen molar-refractivity contribution in [3.8, 4) is 5.69 Å². The van der Waals surface area contributed by atoms with E-state index in [-0.39, 0.29) is 5.38 Å². The maximum atomic E-state index is 6.35. The summed E-state index contributed by atoms with van der Waals surface area (Å²) in [5.74, 6) is 0.869. The molecule has 1 atom stereocenters. The molecule has 3 aromatic rings. The van der Waals surface area contributed by atoms with E-state index >= 15 is 0 Å². The molecule has 1 aromatic heterocycles. The van der Waals surface area contributed by atoms with Crippen LogP contribution in [0.25, 0.3) is 16.7 Å². The molecule has 1 unspecified atom stereocenters. The monoisotopic (exact) mass is 362 g/mol. The zero-order valence-corrected chi connectivity index (χ0v) is 14.5. The molecule has 0 spiro atoms. The van der Waals surface area contributed by atoms with Gasteiger partial charge in [0.25, 0.3) is 0 Å². The van der Waals surface area contributed by atoms with Crippen molar-refractivity contribution in [3.63, 3.8) is 0 Å². The highest BCUT2D eigenvalue weighted by molar-refractivity contribution is 9.10. The second-order valence-electron chi connectivity index (χ2n) is 5.35. The highest BCUT2D eigenvalue weighted by atomic mass is 79.9. The number of alkyl halides is 1. The first-order valence-corrected chi connectivity index (χ1v) is 8.10. The van der Waals surface area contributed by atoms with Crippen LogP contribution in [0.3, 0.4) is 0 Å². The Bertz CT molecular complexity index is 821. The summed E-state index contributed by atoms with van der Waals surface area (Å²) in [6.45, 7) is 6.11. The molecule has 1 heterocycles. The van der Waals surface area contributed by atoms with Gasteiger partial charge in [-0.05, 0) is 56.2 Å². The van der Waals surface area contributed by atoms with Crippen molar-refractivity contribution in [1.29, 1.82) is 0 Å². The van der Waals surface area contributed by atoms with E-state index < -0.39 is 0 Å². The fraction of sp³-hybridized carbons (Fsp3) is 0.235. The first-order valence-electron chi connectivity index (χ1n) is 6.87. The molecule has 2 aromatic carbocycles. The van der Waals surface area contributed by atoms with E-state index in [9.17, 15) is 0 Å². The van der Waals surface area contributed by atoms with Gasteiger partial charge in [-0.1, -0.05) is 28.1 Å². The van der Waals surface area contributed by atoms with Crippen molar-refractivity contribution in [3.05, 3.63) is 57.8 Å². The van der Waals surface area contributed by atoms with Gasteiger partial charge < -0.3 is 0 Å². The minimum atomic E-state index is -0.155. The Morgan fingerprint density at radius 3 is 2.57 bits per heavy atom. The lowest BCUT2D eigenvalue weighted by Crippen LogP contribution is -2.02. The van der Waals surface area contributed by atoms with Crippen LogP contribution in [-0.2, 0) is 0 Å². The topological polar surface area (TPSA) is 17.8 Å². The molecule has 0 saturated carbocycles. The van der Waals surface area contributed by atoms with E-state index in [1.54, 1.807) is 0 Å². The molecule has 0 saturated heterocycles. The van der Waals surface area contributed by atoms with E-state index in [2.05, 4.69) is 70.7 Å². The van der Waals surface area contributed by atoms with Gasteiger partial charge in [0.15, 0.2) is 0 Å².